The van der Waals surface area contributed by atoms with Gasteiger partial charge in [0.05, 0.1) is 0 Å². The van der Waals surface area contributed by atoms with E-state index >= 15 is 0 Å². The Morgan fingerprint density at radius 1 is 1.50 bits per heavy atom. The first kappa shape index (κ1) is 7.66. The fourth-order valence-corrected chi connectivity index (χ4v) is 1.29. The van der Waals surface area contributed by atoms with Gasteiger partial charge >= 0.3 is 0 Å². The highest BCUT2D eigenvalue weighted by Gasteiger charge is 2.29. The first-order chi connectivity index (χ1) is 6.92. The number of hydrogen-bond acceptors (Lipinski definition) is 5. The minimum Gasteiger partial charge on any atom is -0.339 e. The highest BCUT2D eigenvalue weighted by Crippen LogP contribution is 2.38. The Morgan fingerprint density at radius 3 is 3.14 bits per heavy atom. The molecule has 72 valence electrons. The minimum absolute atomic E-state index is 0.506. The predicted octanol–water partition coefficient (Wildman–Crippen LogP) is 0.587. The summed E-state index contributed by atoms with van der Waals surface area (Å²) in [5, 5.41) is 7.84. The van der Waals surface area contributed by atoms with Crippen LogP contribution in [0.1, 0.15) is 30.5 Å². The zero-order chi connectivity index (χ0) is 9.38. The molecule has 0 unspecified atom stereocenters. The molecular weight excluding hydrogens is 182 g/mol. The lowest BCUT2D eigenvalue weighted by Gasteiger charge is -1.91. The first-order valence-corrected chi connectivity index (χ1v) is 4.57. The first-order valence-electron chi connectivity index (χ1n) is 4.57. The summed E-state index contributed by atoms with van der Waals surface area (Å²) < 4.78 is 6.78. The molecule has 0 amide bonds. The van der Waals surface area contributed by atoms with Crippen molar-refractivity contribution in [2.75, 3.05) is 0 Å². The van der Waals surface area contributed by atoms with Gasteiger partial charge in [0.1, 0.15) is 19.2 Å². The third-order valence-corrected chi connectivity index (χ3v) is 2.18. The summed E-state index contributed by atoms with van der Waals surface area (Å²) in [5.41, 5.74) is 0. The molecule has 6 nitrogen and oxygen atoms in total. The van der Waals surface area contributed by atoms with Crippen LogP contribution < -0.4 is 0 Å². The molecule has 0 bridgehead atoms. The van der Waals surface area contributed by atoms with Crippen molar-refractivity contribution in [1.29, 1.82) is 0 Å². The molecule has 14 heavy (non-hydrogen) atoms. The predicted molar refractivity (Wildman–Crippen MR) is 45.4 cm³/mol. The molecule has 0 saturated heterocycles. The van der Waals surface area contributed by atoms with Crippen molar-refractivity contribution in [1.82, 2.24) is 24.9 Å². The van der Waals surface area contributed by atoms with Crippen molar-refractivity contribution in [3.05, 3.63) is 24.4 Å². The van der Waals surface area contributed by atoms with E-state index in [1.54, 1.807) is 11.0 Å². The molecule has 2 aromatic rings. The summed E-state index contributed by atoms with van der Waals surface area (Å²) in [6, 6.07) is 0. The SMILES string of the molecule is c1ncn(Cc2noc(C3CC3)n2)n1. The molecule has 2 aromatic heterocycles. The van der Waals surface area contributed by atoms with Crippen molar-refractivity contribution in [2.45, 2.75) is 25.3 Å². The van der Waals surface area contributed by atoms with Gasteiger partial charge in [0.2, 0.25) is 5.89 Å². The molecule has 0 atom stereocenters. The van der Waals surface area contributed by atoms with Gasteiger partial charge in [-0.3, -0.25) is 0 Å². The molecule has 0 N–H and O–H groups in total. The second-order valence-electron chi connectivity index (χ2n) is 3.42. The van der Waals surface area contributed by atoms with E-state index in [2.05, 4.69) is 20.2 Å². The van der Waals surface area contributed by atoms with Crippen molar-refractivity contribution >= 4 is 0 Å². The molecule has 0 aromatic carbocycles. The Hall–Kier alpha value is -1.72. The summed E-state index contributed by atoms with van der Waals surface area (Å²) in [6.07, 6.45) is 5.46. The van der Waals surface area contributed by atoms with Gasteiger partial charge in [-0.2, -0.15) is 10.1 Å². The molecule has 6 heteroatoms. The molecule has 0 spiro atoms. The standard InChI is InChI=1S/C8H9N5O/c1-2-6(1)8-11-7(12-14-8)3-13-5-9-4-10-13/h4-6H,1-3H2. The maximum atomic E-state index is 5.11. The largest absolute Gasteiger partial charge is 0.339 e. The van der Waals surface area contributed by atoms with Crippen molar-refractivity contribution in [2.24, 2.45) is 0 Å². The maximum Gasteiger partial charge on any atom is 0.229 e. The van der Waals surface area contributed by atoms with Gasteiger partial charge in [-0.1, -0.05) is 5.16 Å². The zero-order valence-corrected chi connectivity index (χ0v) is 7.50. The Balaban J connectivity index is 1.76. The lowest BCUT2D eigenvalue weighted by atomic mass is 10.4. The van der Waals surface area contributed by atoms with Crippen molar-refractivity contribution < 1.29 is 4.52 Å². The number of hydrogen-bond donors (Lipinski definition) is 0. The summed E-state index contributed by atoms with van der Waals surface area (Å²) in [6.45, 7) is 0.524. The van der Waals surface area contributed by atoms with E-state index in [1.165, 1.54) is 19.2 Å². The van der Waals surface area contributed by atoms with Crippen LogP contribution in [0.5, 0.6) is 0 Å². The lowest BCUT2D eigenvalue weighted by Crippen LogP contribution is -2.01. The van der Waals surface area contributed by atoms with Crippen LogP contribution in [0.25, 0.3) is 0 Å². The van der Waals surface area contributed by atoms with Gasteiger partial charge in [0, 0.05) is 5.92 Å². The van der Waals surface area contributed by atoms with E-state index in [-0.39, 0.29) is 0 Å². The quantitative estimate of drug-likeness (QED) is 0.710. The van der Waals surface area contributed by atoms with Gasteiger partial charge in [0.25, 0.3) is 0 Å². The van der Waals surface area contributed by atoms with E-state index in [0.717, 1.165) is 5.89 Å². The normalized spacial score (nSPS) is 16.0. The van der Waals surface area contributed by atoms with Crippen molar-refractivity contribution in [3.63, 3.8) is 0 Å². The van der Waals surface area contributed by atoms with E-state index in [1.807, 2.05) is 0 Å². The summed E-state index contributed by atoms with van der Waals surface area (Å²) in [5.74, 6) is 1.93. The molecule has 3 rings (SSSR count). The highest BCUT2D eigenvalue weighted by atomic mass is 16.5. The Bertz CT molecular complexity index is 417. The average Bonchev–Trinajstić information content (AvgIpc) is 2.75. The van der Waals surface area contributed by atoms with Crippen LogP contribution >= 0.6 is 0 Å². The van der Waals surface area contributed by atoms with Crippen LogP contribution in [0.2, 0.25) is 0 Å². The molecule has 1 fully saturated rings. The fourth-order valence-electron chi connectivity index (χ4n) is 1.29. The fraction of sp³-hybridized carbons (Fsp3) is 0.500. The van der Waals surface area contributed by atoms with E-state index in [9.17, 15) is 0 Å². The summed E-state index contributed by atoms with van der Waals surface area (Å²) in [7, 11) is 0. The molecule has 0 radical (unpaired) electrons. The van der Waals surface area contributed by atoms with Gasteiger partial charge in [-0.05, 0) is 12.8 Å². The van der Waals surface area contributed by atoms with Crippen LogP contribution in [0.15, 0.2) is 17.2 Å². The van der Waals surface area contributed by atoms with Crippen LogP contribution in [-0.4, -0.2) is 24.9 Å². The zero-order valence-electron chi connectivity index (χ0n) is 7.50. The second-order valence-corrected chi connectivity index (χ2v) is 3.42. The minimum atomic E-state index is 0.506. The summed E-state index contributed by atoms with van der Waals surface area (Å²) in [4.78, 5) is 8.12. The Morgan fingerprint density at radius 2 is 2.43 bits per heavy atom. The van der Waals surface area contributed by atoms with Crippen molar-refractivity contribution in [3.8, 4) is 0 Å². The second kappa shape index (κ2) is 2.90. The number of nitrogens with zero attached hydrogens (tertiary/aromatic N) is 5. The van der Waals surface area contributed by atoms with Crippen LogP contribution in [-0.2, 0) is 6.54 Å². The van der Waals surface area contributed by atoms with E-state index < -0.39 is 0 Å². The smallest absolute Gasteiger partial charge is 0.229 e. The third kappa shape index (κ3) is 1.39. The van der Waals surface area contributed by atoms with Gasteiger partial charge < -0.3 is 4.52 Å². The van der Waals surface area contributed by atoms with E-state index in [4.69, 9.17) is 4.52 Å². The number of aromatic nitrogens is 5. The molecular formula is C8H9N5O. The molecule has 1 aliphatic carbocycles. The van der Waals surface area contributed by atoms with Gasteiger partial charge in [-0.25, -0.2) is 9.67 Å². The van der Waals surface area contributed by atoms with E-state index in [0.29, 0.717) is 18.3 Å². The van der Waals surface area contributed by atoms with Gasteiger partial charge in [-0.15, -0.1) is 0 Å². The average molecular weight is 191 g/mol. The highest BCUT2D eigenvalue weighted by molar-refractivity contribution is 5.01. The Labute approximate surface area is 80.0 Å². The molecule has 2 heterocycles. The van der Waals surface area contributed by atoms with Crippen LogP contribution in [0, 0.1) is 0 Å². The van der Waals surface area contributed by atoms with Gasteiger partial charge in [0.15, 0.2) is 5.82 Å². The lowest BCUT2D eigenvalue weighted by molar-refractivity contribution is 0.372. The molecule has 1 saturated carbocycles. The third-order valence-electron chi connectivity index (χ3n) is 2.18. The summed E-state index contributed by atoms with van der Waals surface area (Å²) >= 11 is 0. The topological polar surface area (TPSA) is 69.6 Å². The monoisotopic (exact) mass is 191 g/mol. The number of rotatable bonds is 3. The molecule has 1 aliphatic rings. The van der Waals surface area contributed by atoms with Crippen LogP contribution in [0.4, 0.5) is 0 Å². The Kier molecular flexibility index (Phi) is 1.59. The maximum absolute atomic E-state index is 5.11. The molecule has 0 aliphatic heterocycles. The van der Waals surface area contributed by atoms with Crippen LogP contribution in [0.3, 0.4) is 0 Å².